The third kappa shape index (κ3) is 5.76. The van der Waals surface area contributed by atoms with Crippen LogP contribution in [0, 0.1) is 0 Å². The number of nitrogens with zero attached hydrogens (tertiary/aromatic N) is 2. The van der Waals surface area contributed by atoms with Crippen LogP contribution < -0.4 is 14.8 Å². The normalized spacial score (nSPS) is 19.5. The van der Waals surface area contributed by atoms with Crippen molar-refractivity contribution in [3.05, 3.63) is 96.8 Å². The molecule has 0 aliphatic carbocycles. The van der Waals surface area contributed by atoms with Crippen LogP contribution >= 0.6 is 0 Å². The molecule has 7 heteroatoms. The molecule has 1 atom stereocenters. The Balaban J connectivity index is 1.70. The summed E-state index contributed by atoms with van der Waals surface area (Å²) in [7, 11) is 0. The summed E-state index contributed by atoms with van der Waals surface area (Å²) >= 11 is 0. The maximum Gasteiger partial charge on any atom is 0.254 e. The van der Waals surface area contributed by atoms with Crippen LogP contribution in [0.1, 0.15) is 12.5 Å². The highest BCUT2D eigenvalue weighted by Crippen LogP contribution is 2.25. The van der Waals surface area contributed by atoms with Gasteiger partial charge < -0.3 is 19.6 Å². The molecule has 0 spiro atoms. The Hall–Kier alpha value is -4.39. The number of carbonyl (C=O) groups excluding carboxylic acids is 2. The number of amides is 1. The summed E-state index contributed by atoms with van der Waals surface area (Å²) in [6.45, 7) is 6.80. The number of aromatic nitrogens is 2. The molecule has 4 aliphatic heterocycles. The van der Waals surface area contributed by atoms with Gasteiger partial charge in [0.2, 0.25) is 0 Å². The van der Waals surface area contributed by atoms with Crippen molar-refractivity contribution in [2.24, 2.45) is 0 Å². The molecule has 0 saturated heterocycles. The van der Waals surface area contributed by atoms with E-state index in [9.17, 15) is 9.59 Å². The van der Waals surface area contributed by atoms with Crippen molar-refractivity contribution >= 4 is 28.8 Å². The summed E-state index contributed by atoms with van der Waals surface area (Å²) in [5, 5.41) is 8.11. The SMILES string of the molecule is C=C1/C(=C\C=C/C)C(=O)NC(C=O)Cc2ccc(cc2)OC/C=C/COc2ccc3c(cnn31)c2. The minimum Gasteiger partial charge on any atom is -0.490 e. The smallest absolute Gasteiger partial charge is 0.254 e. The fourth-order valence-corrected chi connectivity index (χ4v) is 3.71. The number of benzene rings is 2. The number of carbonyl (C=O) groups is 2. The van der Waals surface area contributed by atoms with E-state index < -0.39 is 11.9 Å². The van der Waals surface area contributed by atoms with E-state index in [0.717, 1.165) is 22.8 Å². The van der Waals surface area contributed by atoms with Gasteiger partial charge in [-0.1, -0.05) is 30.9 Å². The third-order valence-corrected chi connectivity index (χ3v) is 5.52. The zero-order valence-corrected chi connectivity index (χ0v) is 19.5. The van der Waals surface area contributed by atoms with Gasteiger partial charge in [0.15, 0.2) is 0 Å². The number of rotatable bonds is 2. The predicted molar refractivity (Wildman–Crippen MR) is 136 cm³/mol. The first kappa shape index (κ1) is 23.8. The zero-order chi connectivity index (χ0) is 24.6. The molecule has 178 valence electrons. The van der Waals surface area contributed by atoms with Crippen molar-refractivity contribution in [3.63, 3.8) is 0 Å². The van der Waals surface area contributed by atoms with Crippen LogP contribution in [0.3, 0.4) is 0 Å². The van der Waals surface area contributed by atoms with Gasteiger partial charge in [-0.25, -0.2) is 4.68 Å². The Morgan fingerprint density at radius 2 is 1.80 bits per heavy atom. The van der Waals surface area contributed by atoms with Crippen LogP contribution in [0.5, 0.6) is 11.5 Å². The molecular formula is C28H27N3O4. The molecule has 1 unspecified atom stereocenters. The molecular weight excluding hydrogens is 442 g/mol. The molecule has 1 amide bonds. The van der Waals surface area contributed by atoms with E-state index in [-0.39, 0.29) is 0 Å². The lowest BCUT2D eigenvalue weighted by Crippen LogP contribution is -2.38. The first-order valence-electron chi connectivity index (χ1n) is 11.3. The molecule has 0 radical (unpaired) electrons. The van der Waals surface area contributed by atoms with Gasteiger partial charge in [-0.2, -0.15) is 5.10 Å². The minimum absolute atomic E-state index is 0.306. The lowest BCUT2D eigenvalue weighted by atomic mass is 10.1. The first-order valence-corrected chi connectivity index (χ1v) is 11.3. The van der Waals surface area contributed by atoms with E-state index in [2.05, 4.69) is 17.0 Å². The fourth-order valence-electron chi connectivity index (χ4n) is 3.71. The third-order valence-electron chi connectivity index (χ3n) is 5.52. The number of allylic oxidation sites excluding steroid dienone is 3. The van der Waals surface area contributed by atoms with E-state index >= 15 is 0 Å². The second-order valence-corrected chi connectivity index (χ2v) is 7.99. The zero-order valence-electron chi connectivity index (χ0n) is 19.5. The molecule has 5 heterocycles. The Morgan fingerprint density at radius 3 is 2.51 bits per heavy atom. The fraction of sp³-hybridized carbons (Fsp3) is 0.179. The van der Waals surface area contributed by atoms with Crippen molar-refractivity contribution in [1.82, 2.24) is 15.1 Å². The van der Waals surface area contributed by atoms with Gasteiger partial charge in [0, 0.05) is 5.39 Å². The average molecular weight is 470 g/mol. The summed E-state index contributed by atoms with van der Waals surface area (Å²) in [6, 6.07) is 12.3. The second kappa shape index (κ2) is 11.2. The molecule has 1 aromatic heterocycles. The Kier molecular flexibility index (Phi) is 7.57. The maximum absolute atomic E-state index is 13.2. The van der Waals surface area contributed by atoms with Crippen molar-refractivity contribution in [3.8, 4) is 11.5 Å². The number of hydrogen-bond acceptors (Lipinski definition) is 5. The lowest BCUT2D eigenvalue weighted by Gasteiger charge is -2.16. The molecule has 3 aromatic rings. The highest BCUT2D eigenvalue weighted by atomic mass is 16.5. The van der Waals surface area contributed by atoms with Gasteiger partial charge in [0.05, 0.1) is 29.0 Å². The van der Waals surface area contributed by atoms with Gasteiger partial charge in [-0.3, -0.25) is 4.79 Å². The molecule has 4 aliphatic rings. The van der Waals surface area contributed by atoms with Crippen LogP contribution in [0.15, 0.2) is 91.2 Å². The van der Waals surface area contributed by atoms with E-state index in [0.29, 0.717) is 42.4 Å². The number of ether oxygens (including phenoxy) is 2. The highest BCUT2D eigenvalue weighted by Gasteiger charge is 2.20. The van der Waals surface area contributed by atoms with Crippen LogP contribution in [0.2, 0.25) is 0 Å². The summed E-state index contributed by atoms with van der Waals surface area (Å²) in [5.41, 5.74) is 2.38. The van der Waals surface area contributed by atoms with Crippen LogP contribution in [-0.4, -0.2) is 41.2 Å². The van der Waals surface area contributed by atoms with Gasteiger partial charge in [-0.15, -0.1) is 0 Å². The van der Waals surface area contributed by atoms with E-state index in [1.54, 1.807) is 23.0 Å². The van der Waals surface area contributed by atoms with E-state index in [1.165, 1.54) is 0 Å². The monoisotopic (exact) mass is 469 g/mol. The van der Waals surface area contributed by atoms with Crippen molar-refractivity contribution < 1.29 is 19.1 Å². The Morgan fingerprint density at radius 1 is 1.09 bits per heavy atom. The lowest BCUT2D eigenvalue weighted by molar-refractivity contribution is -0.120. The minimum atomic E-state index is -0.706. The van der Waals surface area contributed by atoms with Crippen molar-refractivity contribution in [2.45, 2.75) is 19.4 Å². The summed E-state index contributed by atoms with van der Waals surface area (Å²) in [6.07, 6.45) is 11.8. The van der Waals surface area contributed by atoms with Crippen LogP contribution in [0.4, 0.5) is 0 Å². The molecule has 7 nitrogen and oxygen atoms in total. The average Bonchev–Trinajstić information content (AvgIpc) is 3.29. The van der Waals surface area contributed by atoms with Gasteiger partial charge >= 0.3 is 0 Å². The molecule has 1 N–H and O–H groups in total. The Labute approximate surface area is 204 Å². The quantitative estimate of drug-likeness (QED) is 0.345. The van der Waals surface area contributed by atoms with Crippen LogP contribution in [0.25, 0.3) is 16.6 Å². The molecule has 0 fully saturated rings. The largest absolute Gasteiger partial charge is 0.490 e. The standard InChI is InChI=1S/C28H27N3O4/c1-3-4-7-26-20(2)31-27-13-12-25(17-22(27)18-29-31)35-15-6-5-14-34-24-10-8-21(9-11-24)16-23(19-32)30-28(26)33/h3-13,17-19,23H,2,14-16H2,1H3,(H,30,33)/b4-3-,6-5+,26-7+. The van der Waals surface area contributed by atoms with E-state index in [4.69, 9.17) is 9.47 Å². The molecule has 2 aromatic carbocycles. The number of aldehydes is 1. The molecule has 7 rings (SSSR count). The topological polar surface area (TPSA) is 82.5 Å². The van der Waals surface area contributed by atoms with Gasteiger partial charge in [0.1, 0.15) is 31.0 Å². The summed E-state index contributed by atoms with van der Waals surface area (Å²) < 4.78 is 13.2. The molecule has 35 heavy (non-hydrogen) atoms. The predicted octanol–water partition coefficient (Wildman–Crippen LogP) is 4.26. The van der Waals surface area contributed by atoms with Crippen molar-refractivity contribution in [1.29, 1.82) is 0 Å². The first-order chi connectivity index (χ1) is 17.1. The maximum atomic E-state index is 13.2. The number of hydrogen-bond donors (Lipinski definition) is 1. The summed E-state index contributed by atoms with van der Waals surface area (Å²) in [4.78, 5) is 25.0. The summed E-state index contributed by atoms with van der Waals surface area (Å²) in [5.74, 6) is 1.00. The number of nitrogens with one attached hydrogen (secondary N) is 1. The highest BCUT2D eigenvalue weighted by molar-refractivity contribution is 6.07. The molecule has 6 bridgehead atoms. The van der Waals surface area contributed by atoms with Gasteiger partial charge in [-0.05, 0) is 67.5 Å². The van der Waals surface area contributed by atoms with Gasteiger partial charge in [0.25, 0.3) is 5.91 Å². The second-order valence-electron chi connectivity index (χ2n) is 7.99. The molecule has 0 saturated carbocycles. The Bertz CT molecular complexity index is 1320. The van der Waals surface area contributed by atoms with Crippen molar-refractivity contribution in [2.75, 3.05) is 13.2 Å². The van der Waals surface area contributed by atoms with Crippen LogP contribution in [-0.2, 0) is 16.0 Å². The van der Waals surface area contributed by atoms with E-state index in [1.807, 2.05) is 67.6 Å².